The van der Waals surface area contributed by atoms with E-state index in [0.717, 1.165) is 0 Å². The number of amides is 1. The maximum atomic E-state index is 12.4. The molecular weight excluding hydrogens is 302 g/mol. The van der Waals surface area contributed by atoms with Gasteiger partial charge in [0.2, 0.25) is 0 Å². The first kappa shape index (κ1) is 14.9. The van der Waals surface area contributed by atoms with Gasteiger partial charge in [0.1, 0.15) is 5.75 Å². The van der Waals surface area contributed by atoms with Crippen molar-refractivity contribution < 1.29 is 14.6 Å². The largest absolute Gasteiger partial charge is 0.484 e. The van der Waals surface area contributed by atoms with E-state index in [-0.39, 0.29) is 12.5 Å². The lowest BCUT2D eigenvalue weighted by molar-refractivity contribution is -0.120. The summed E-state index contributed by atoms with van der Waals surface area (Å²) >= 11 is 5.97. The predicted molar refractivity (Wildman–Crippen MR) is 85.3 cm³/mol. The van der Waals surface area contributed by atoms with Crippen LogP contribution in [0.5, 0.6) is 5.75 Å². The van der Waals surface area contributed by atoms with Gasteiger partial charge in [-0.15, -0.1) is 0 Å². The number of benzene rings is 2. The van der Waals surface area contributed by atoms with Gasteiger partial charge in [-0.2, -0.15) is 0 Å². The van der Waals surface area contributed by atoms with Crippen LogP contribution in [0.3, 0.4) is 0 Å². The summed E-state index contributed by atoms with van der Waals surface area (Å²) in [6.07, 6.45) is -0.0995. The molecule has 1 N–H and O–H groups in total. The van der Waals surface area contributed by atoms with E-state index < -0.39 is 6.10 Å². The lowest BCUT2D eigenvalue weighted by Crippen LogP contribution is -2.39. The summed E-state index contributed by atoms with van der Waals surface area (Å²) < 4.78 is 5.51. The van der Waals surface area contributed by atoms with Crippen molar-refractivity contribution >= 4 is 23.2 Å². The molecule has 0 bridgehead atoms. The molecule has 0 aliphatic carbocycles. The van der Waals surface area contributed by atoms with Gasteiger partial charge < -0.3 is 14.7 Å². The lowest BCUT2D eigenvalue weighted by Gasteiger charge is -2.32. The Balaban J connectivity index is 1.75. The van der Waals surface area contributed by atoms with Crippen LogP contribution >= 0.6 is 11.6 Å². The van der Waals surface area contributed by atoms with Gasteiger partial charge in [-0.1, -0.05) is 29.8 Å². The van der Waals surface area contributed by atoms with Crippen LogP contribution in [-0.2, 0) is 4.79 Å². The zero-order valence-electron chi connectivity index (χ0n) is 11.9. The minimum atomic E-state index is -0.590. The summed E-state index contributed by atoms with van der Waals surface area (Å²) in [7, 11) is 0. The van der Waals surface area contributed by atoms with Gasteiger partial charge in [0.15, 0.2) is 6.61 Å². The first-order valence-corrected chi connectivity index (χ1v) is 7.48. The van der Waals surface area contributed by atoms with Crippen molar-refractivity contribution in [1.82, 2.24) is 0 Å². The number of aliphatic hydroxyl groups excluding tert-OH is 1. The zero-order valence-corrected chi connectivity index (χ0v) is 12.7. The zero-order chi connectivity index (χ0) is 15.5. The van der Waals surface area contributed by atoms with Crippen LogP contribution in [0, 0.1) is 0 Å². The van der Waals surface area contributed by atoms with Crippen molar-refractivity contribution in [3.8, 4) is 5.75 Å². The van der Waals surface area contributed by atoms with Crippen molar-refractivity contribution in [2.75, 3.05) is 18.1 Å². The molecule has 0 aromatic heterocycles. The Kier molecular flexibility index (Phi) is 4.32. The number of aliphatic hydroxyl groups is 1. The van der Waals surface area contributed by atoms with E-state index >= 15 is 0 Å². The Morgan fingerprint density at radius 2 is 2.05 bits per heavy atom. The first-order chi connectivity index (χ1) is 10.6. The fourth-order valence-electron chi connectivity index (χ4n) is 2.56. The summed E-state index contributed by atoms with van der Waals surface area (Å²) in [5.74, 6) is 0.517. The molecule has 1 amide bonds. The van der Waals surface area contributed by atoms with E-state index in [4.69, 9.17) is 16.3 Å². The second-order valence-corrected chi connectivity index (χ2v) is 5.59. The van der Waals surface area contributed by atoms with Crippen LogP contribution in [0.15, 0.2) is 48.5 Å². The molecule has 1 aliphatic rings. The molecule has 1 unspecified atom stereocenters. The Bertz CT molecular complexity index is 675. The van der Waals surface area contributed by atoms with Crippen molar-refractivity contribution in [1.29, 1.82) is 0 Å². The Morgan fingerprint density at radius 1 is 1.27 bits per heavy atom. The molecule has 22 heavy (non-hydrogen) atoms. The average molecular weight is 318 g/mol. The topological polar surface area (TPSA) is 49.8 Å². The van der Waals surface area contributed by atoms with Gasteiger partial charge >= 0.3 is 0 Å². The number of ether oxygens (including phenoxy) is 1. The first-order valence-electron chi connectivity index (χ1n) is 7.11. The molecule has 1 aliphatic heterocycles. The normalized spacial score (nSPS) is 17.0. The molecular formula is C17H16ClNO3. The Morgan fingerprint density at radius 3 is 2.82 bits per heavy atom. The number of para-hydroxylation sites is 1. The molecule has 0 spiro atoms. The minimum Gasteiger partial charge on any atom is -0.484 e. The van der Waals surface area contributed by atoms with Crippen LogP contribution in [-0.4, -0.2) is 24.2 Å². The summed E-state index contributed by atoms with van der Waals surface area (Å²) in [6.45, 7) is 0.426. The number of halogens is 1. The number of carbonyl (C=O) groups excluding carboxylic acids is 1. The summed E-state index contributed by atoms with van der Waals surface area (Å²) in [4.78, 5) is 14.1. The molecule has 1 heterocycles. The summed E-state index contributed by atoms with van der Waals surface area (Å²) in [6, 6.07) is 14.4. The molecule has 0 fully saturated rings. The molecule has 0 saturated heterocycles. The number of rotatable bonds is 3. The van der Waals surface area contributed by atoms with E-state index in [1.165, 1.54) is 0 Å². The highest BCUT2D eigenvalue weighted by molar-refractivity contribution is 6.30. The highest BCUT2D eigenvalue weighted by Crippen LogP contribution is 2.35. The highest BCUT2D eigenvalue weighted by Gasteiger charge is 2.27. The SMILES string of the molecule is O=C(COc1ccccc1)N1CCC(O)c2cc(Cl)ccc21. The third-order valence-electron chi connectivity index (χ3n) is 3.67. The van der Waals surface area contributed by atoms with Crippen LogP contribution < -0.4 is 9.64 Å². The van der Waals surface area contributed by atoms with Crippen molar-refractivity contribution in [2.45, 2.75) is 12.5 Å². The standard InChI is InChI=1S/C17H16ClNO3/c18-12-6-7-15-14(10-12)16(20)8-9-19(15)17(21)11-22-13-4-2-1-3-5-13/h1-7,10,16,20H,8-9,11H2. The smallest absolute Gasteiger partial charge is 0.264 e. The van der Waals surface area contributed by atoms with Crippen LogP contribution in [0.1, 0.15) is 18.1 Å². The van der Waals surface area contributed by atoms with E-state index in [1.54, 1.807) is 35.2 Å². The van der Waals surface area contributed by atoms with Crippen molar-refractivity contribution in [3.63, 3.8) is 0 Å². The fourth-order valence-corrected chi connectivity index (χ4v) is 2.74. The second-order valence-electron chi connectivity index (χ2n) is 5.15. The maximum Gasteiger partial charge on any atom is 0.264 e. The maximum absolute atomic E-state index is 12.4. The van der Waals surface area contributed by atoms with Crippen LogP contribution in [0.2, 0.25) is 5.02 Å². The van der Waals surface area contributed by atoms with E-state index in [1.807, 2.05) is 18.2 Å². The Labute approximate surface area is 133 Å². The third kappa shape index (κ3) is 3.08. The van der Waals surface area contributed by atoms with Crippen LogP contribution in [0.25, 0.3) is 0 Å². The number of hydrogen-bond acceptors (Lipinski definition) is 3. The molecule has 0 radical (unpaired) electrons. The number of hydrogen-bond donors (Lipinski definition) is 1. The number of nitrogens with zero attached hydrogens (tertiary/aromatic N) is 1. The van der Waals surface area contributed by atoms with Gasteiger partial charge in [-0.05, 0) is 36.8 Å². The predicted octanol–water partition coefficient (Wildman–Crippen LogP) is 3.19. The molecule has 2 aromatic rings. The van der Waals surface area contributed by atoms with Crippen LogP contribution in [0.4, 0.5) is 5.69 Å². The highest BCUT2D eigenvalue weighted by atomic mass is 35.5. The van der Waals surface area contributed by atoms with Gasteiger partial charge in [0, 0.05) is 22.8 Å². The number of fused-ring (bicyclic) bond motifs is 1. The molecule has 0 saturated carbocycles. The van der Waals surface area contributed by atoms with Crippen molar-refractivity contribution in [2.24, 2.45) is 0 Å². The van der Waals surface area contributed by atoms with E-state index in [9.17, 15) is 9.90 Å². The second kappa shape index (κ2) is 6.38. The summed E-state index contributed by atoms with van der Waals surface area (Å²) in [5, 5.41) is 10.6. The minimum absolute atomic E-state index is 0.0395. The van der Waals surface area contributed by atoms with Gasteiger partial charge in [0.25, 0.3) is 5.91 Å². The Hall–Kier alpha value is -2.04. The lowest BCUT2D eigenvalue weighted by atomic mass is 9.99. The molecule has 4 nitrogen and oxygen atoms in total. The molecule has 114 valence electrons. The molecule has 1 atom stereocenters. The monoisotopic (exact) mass is 317 g/mol. The van der Waals surface area contributed by atoms with Gasteiger partial charge in [-0.3, -0.25) is 4.79 Å². The number of anilines is 1. The fraction of sp³-hybridized carbons (Fsp3) is 0.235. The van der Waals surface area contributed by atoms with E-state index in [0.29, 0.717) is 35.0 Å². The number of carbonyl (C=O) groups is 1. The molecule has 5 heteroatoms. The summed E-state index contributed by atoms with van der Waals surface area (Å²) in [5.41, 5.74) is 1.39. The molecule has 3 rings (SSSR count). The van der Waals surface area contributed by atoms with Gasteiger partial charge in [-0.25, -0.2) is 0 Å². The van der Waals surface area contributed by atoms with Gasteiger partial charge in [0.05, 0.1) is 6.10 Å². The quantitative estimate of drug-likeness (QED) is 0.946. The van der Waals surface area contributed by atoms with E-state index in [2.05, 4.69) is 0 Å². The van der Waals surface area contributed by atoms with Crippen molar-refractivity contribution in [3.05, 3.63) is 59.1 Å². The average Bonchev–Trinajstić information content (AvgIpc) is 2.54. The molecule has 2 aromatic carbocycles. The third-order valence-corrected chi connectivity index (χ3v) is 3.91.